The maximum absolute atomic E-state index is 9.25. The second kappa shape index (κ2) is 3.65. The van der Waals surface area contributed by atoms with E-state index in [1.165, 1.54) is 0 Å². The molecule has 0 spiro atoms. The average Bonchev–Trinajstić information content (AvgIpc) is 2.08. The Morgan fingerprint density at radius 2 is 1.75 bits per heavy atom. The smallest absolute Gasteiger partial charge is 0.211 e. The van der Waals surface area contributed by atoms with Crippen LogP contribution in [0.4, 0.5) is 0 Å². The molecule has 72 valence electrons. The molecule has 5 atom stereocenters. The average molecular weight is 180 g/mol. The first-order valence-electron chi connectivity index (χ1n) is 3.71. The second-order valence-electron chi connectivity index (χ2n) is 2.89. The van der Waals surface area contributed by atoms with Gasteiger partial charge in [-0.3, -0.25) is 0 Å². The van der Waals surface area contributed by atoms with Gasteiger partial charge < -0.3 is 30.9 Å². The van der Waals surface area contributed by atoms with Crippen molar-refractivity contribution in [3.8, 4) is 0 Å². The first kappa shape index (κ1) is 9.85. The Balaban J connectivity index is 2.63. The van der Waals surface area contributed by atoms with E-state index in [1.54, 1.807) is 0 Å². The minimum Gasteiger partial charge on any atom is -0.394 e. The third-order valence-electron chi connectivity index (χ3n) is 2.03. The molecular weight excluding hydrogens is 166 g/mol. The molecule has 1 rings (SSSR count). The maximum atomic E-state index is 9.25. The Kier molecular flexibility index (Phi) is 2.99. The predicted molar refractivity (Wildman–Crippen MR) is 36.7 cm³/mol. The summed E-state index contributed by atoms with van der Waals surface area (Å²) in [6, 6.07) is -0.789. The molecule has 0 bridgehead atoms. The van der Waals surface area contributed by atoms with Crippen molar-refractivity contribution in [1.82, 2.24) is 0 Å². The molecule has 2 unspecified atom stereocenters. The Bertz CT molecular complexity index is 150. The lowest BCUT2D eigenvalue weighted by Crippen LogP contribution is -2.77. The zero-order valence-electron chi connectivity index (χ0n) is 6.50. The molecule has 0 aliphatic carbocycles. The molecule has 0 aromatic carbocycles. The van der Waals surface area contributed by atoms with E-state index < -0.39 is 37.3 Å². The minimum atomic E-state index is -1.24. The van der Waals surface area contributed by atoms with Gasteiger partial charge in [-0.05, 0) is 0 Å². The van der Waals surface area contributed by atoms with Crippen LogP contribution in [0.3, 0.4) is 0 Å². The van der Waals surface area contributed by atoms with E-state index in [-0.39, 0.29) is 0 Å². The molecule has 0 aromatic rings. The molecule has 1 heterocycles. The molecule has 1 fully saturated rings. The molecule has 7 N–H and O–H groups in total. The molecular formula is C6H14NO5+. The standard InChI is InChI=1S/C6H13NO5/c7-3-5(10)4(9)2(1-8)12-6(3)11/h2-6,8-11H,1,7H2/p+1/t2?,3?,4-,5+,6+/m0/s1. The lowest BCUT2D eigenvalue weighted by atomic mass is 9.98. The highest BCUT2D eigenvalue weighted by molar-refractivity contribution is 4.87. The molecule has 0 saturated carbocycles. The van der Waals surface area contributed by atoms with E-state index in [4.69, 9.17) is 14.9 Å². The highest BCUT2D eigenvalue weighted by Crippen LogP contribution is 2.16. The Morgan fingerprint density at radius 1 is 1.17 bits per heavy atom. The molecule has 0 aromatic heterocycles. The van der Waals surface area contributed by atoms with Gasteiger partial charge >= 0.3 is 0 Å². The first-order valence-corrected chi connectivity index (χ1v) is 3.71. The summed E-state index contributed by atoms with van der Waals surface area (Å²) in [5, 5.41) is 36.3. The third kappa shape index (κ3) is 1.58. The summed E-state index contributed by atoms with van der Waals surface area (Å²) in [6.45, 7) is -0.442. The van der Waals surface area contributed by atoms with Gasteiger partial charge in [-0.25, -0.2) is 0 Å². The number of quaternary nitrogens is 1. The molecule has 1 aliphatic heterocycles. The molecule has 6 heteroatoms. The summed E-state index contributed by atoms with van der Waals surface area (Å²) in [6.07, 6.45) is -4.53. The third-order valence-corrected chi connectivity index (χ3v) is 2.03. The van der Waals surface area contributed by atoms with Gasteiger partial charge in [0.15, 0.2) is 6.04 Å². The fourth-order valence-corrected chi connectivity index (χ4v) is 1.15. The molecule has 1 saturated heterocycles. The first-order chi connectivity index (χ1) is 5.57. The maximum Gasteiger partial charge on any atom is 0.211 e. The van der Waals surface area contributed by atoms with Gasteiger partial charge in [-0.15, -0.1) is 0 Å². The molecule has 0 radical (unpaired) electrons. The Labute approximate surface area is 69.2 Å². The summed E-state index contributed by atoms with van der Waals surface area (Å²) in [5.74, 6) is 0. The molecule has 0 amide bonds. The van der Waals surface area contributed by atoms with Crippen LogP contribution < -0.4 is 5.73 Å². The fourth-order valence-electron chi connectivity index (χ4n) is 1.15. The van der Waals surface area contributed by atoms with Crippen molar-refractivity contribution in [1.29, 1.82) is 0 Å². The van der Waals surface area contributed by atoms with Crippen molar-refractivity contribution in [3.05, 3.63) is 0 Å². The van der Waals surface area contributed by atoms with Gasteiger partial charge in [0.05, 0.1) is 6.61 Å². The summed E-state index contributed by atoms with van der Waals surface area (Å²) < 4.78 is 4.76. The SMILES string of the molecule is [NH3+]C1[C@H](O)OC(CO)[C@H](O)[C@@H]1O. The number of rotatable bonds is 1. The van der Waals surface area contributed by atoms with E-state index in [0.29, 0.717) is 0 Å². The van der Waals surface area contributed by atoms with Crippen LogP contribution in [0.15, 0.2) is 0 Å². The van der Waals surface area contributed by atoms with Gasteiger partial charge in [0.2, 0.25) is 6.29 Å². The fraction of sp³-hybridized carbons (Fsp3) is 1.00. The zero-order valence-corrected chi connectivity index (χ0v) is 6.50. The Morgan fingerprint density at radius 3 is 2.25 bits per heavy atom. The van der Waals surface area contributed by atoms with Gasteiger partial charge in [-0.2, -0.15) is 0 Å². The van der Waals surface area contributed by atoms with Gasteiger partial charge in [0.1, 0.15) is 18.3 Å². The van der Waals surface area contributed by atoms with Crippen LogP contribution in [0.25, 0.3) is 0 Å². The number of hydrogen-bond acceptors (Lipinski definition) is 5. The summed E-state index contributed by atoms with van der Waals surface area (Å²) in [5.41, 5.74) is 3.41. The van der Waals surface area contributed by atoms with Crippen molar-refractivity contribution in [3.63, 3.8) is 0 Å². The molecule has 12 heavy (non-hydrogen) atoms. The van der Waals surface area contributed by atoms with Crippen LogP contribution in [-0.2, 0) is 4.74 Å². The normalized spacial score (nSPS) is 49.2. The summed E-state index contributed by atoms with van der Waals surface area (Å²) in [4.78, 5) is 0. The van der Waals surface area contributed by atoms with Crippen molar-refractivity contribution in [2.24, 2.45) is 0 Å². The highest BCUT2D eigenvalue weighted by atomic mass is 16.6. The highest BCUT2D eigenvalue weighted by Gasteiger charge is 2.43. The van der Waals surface area contributed by atoms with E-state index in [0.717, 1.165) is 0 Å². The number of aliphatic hydroxyl groups excluding tert-OH is 4. The minimum absolute atomic E-state index is 0.442. The molecule has 1 aliphatic rings. The molecule has 6 nitrogen and oxygen atoms in total. The largest absolute Gasteiger partial charge is 0.394 e. The summed E-state index contributed by atoms with van der Waals surface area (Å²) in [7, 11) is 0. The van der Waals surface area contributed by atoms with Crippen LogP contribution >= 0.6 is 0 Å². The number of hydrogen-bond donors (Lipinski definition) is 5. The van der Waals surface area contributed by atoms with Crippen molar-refractivity contribution in [2.45, 2.75) is 30.6 Å². The lowest BCUT2D eigenvalue weighted by Gasteiger charge is -2.36. The summed E-state index contributed by atoms with van der Waals surface area (Å²) >= 11 is 0. The zero-order chi connectivity index (χ0) is 9.30. The Hall–Kier alpha value is -0.240. The van der Waals surface area contributed by atoms with Crippen LogP contribution in [0.5, 0.6) is 0 Å². The van der Waals surface area contributed by atoms with Crippen LogP contribution in [0.2, 0.25) is 0 Å². The van der Waals surface area contributed by atoms with Crippen molar-refractivity contribution >= 4 is 0 Å². The van der Waals surface area contributed by atoms with Crippen molar-refractivity contribution in [2.75, 3.05) is 6.61 Å². The van der Waals surface area contributed by atoms with E-state index in [1.807, 2.05) is 0 Å². The van der Waals surface area contributed by atoms with E-state index in [9.17, 15) is 10.2 Å². The lowest BCUT2D eigenvalue weighted by molar-refractivity contribution is -0.497. The number of aliphatic hydroxyl groups is 4. The van der Waals surface area contributed by atoms with Gasteiger partial charge in [-0.1, -0.05) is 0 Å². The van der Waals surface area contributed by atoms with Crippen LogP contribution in [0, 0.1) is 0 Å². The predicted octanol–water partition coefficient (Wildman–Crippen LogP) is -3.97. The van der Waals surface area contributed by atoms with Crippen LogP contribution in [-0.4, -0.2) is 57.7 Å². The quantitative estimate of drug-likeness (QED) is 0.282. The van der Waals surface area contributed by atoms with Crippen LogP contribution in [0.1, 0.15) is 0 Å². The van der Waals surface area contributed by atoms with E-state index in [2.05, 4.69) is 5.73 Å². The van der Waals surface area contributed by atoms with Crippen molar-refractivity contribution < 1.29 is 30.9 Å². The number of ether oxygens (including phenoxy) is 1. The second-order valence-corrected chi connectivity index (χ2v) is 2.89. The van der Waals surface area contributed by atoms with Gasteiger partial charge in [0.25, 0.3) is 0 Å². The van der Waals surface area contributed by atoms with E-state index >= 15 is 0 Å². The van der Waals surface area contributed by atoms with Gasteiger partial charge in [0, 0.05) is 0 Å². The monoisotopic (exact) mass is 180 g/mol. The topological polar surface area (TPSA) is 118 Å².